The molecule has 0 atom stereocenters. The number of hydrogen-bond acceptors (Lipinski definition) is 6. The minimum atomic E-state index is 0.0212. The first-order chi connectivity index (χ1) is 8.99. The van der Waals surface area contributed by atoms with Gasteiger partial charge in [-0.15, -0.1) is 5.10 Å². The summed E-state index contributed by atoms with van der Waals surface area (Å²) in [6.07, 6.45) is 3.51. The van der Waals surface area contributed by atoms with Gasteiger partial charge in [0.2, 0.25) is 5.89 Å². The lowest BCUT2D eigenvalue weighted by atomic mass is 9.92. The van der Waals surface area contributed by atoms with Crippen molar-refractivity contribution in [3.05, 3.63) is 5.89 Å². The SMILES string of the molecule is CC(C)(C)NCc1nnc(N(CCO)C2CCC2)o1. The lowest BCUT2D eigenvalue weighted by Crippen LogP contribution is -2.42. The van der Waals surface area contributed by atoms with E-state index in [1.165, 1.54) is 6.42 Å². The average molecular weight is 268 g/mol. The molecule has 0 aliphatic heterocycles. The molecule has 1 aromatic heterocycles. The molecule has 0 unspecified atom stereocenters. The van der Waals surface area contributed by atoms with Gasteiger partial charge < -0.3 is 19.7 Å². The smallest absolute Gasteiger partial charge is 0.318 e. The first-order valence-electron chi connectivity index (χ1n) is 6.94. The highest BCUT2D eigenvalue weighted by molar-refractivity contribution is 5.27. The first kappa shape index (κ1) is 14.3. The summed E-state index contributed by atoms with van der Waals surface area (Å²) in [7, 11) is 0. The molecule has 1 saturated carbocycles. The molecule has 0 spiro atoms. The zero-order valence-electron chi connectivity index (χ0n) is 12.0. The van der Waals surface area contributed by atoms with Crippen LogP contribution in [0.1, 0.15) is 45.9 Å². The lowest BCUT2D eigenvalue weighted by molar-refractivity contribution is 0.275. The highest BCUT2D eigenvalue weighted by Crippen LogP contribution is 2.28. The lowest BCUT2D eigenvalue weighted by Gasteiger charge is -2.35. The van der Waals surface area contributed by atoms with Crippen LogP contribution in [0.15, 0.2) is 4.42 Å². The van der Waals surface area contributed by atoms with Crippen molar-refractivity contribution < 1.29 is 9.52 Å². The molecule has 6 nitrogen and oxygen atoms in total. The molecular formula is C13H24N4O2. The maximum Gasteiger partial charge on any atom is 0.318 e. The molecule has 2 rings (SSSR count). The molecule has 1 heterocycles. The van der Waals surface area contributed by atoms with Gasteiger partial charge in [-0.05, 0) is 40.0 Å². The van der Waals surface area contributed by atoms with Crippen LogP contribution >= 0.6 is 0 Å². The van der Waals surface area contributed by atoms with Crippen molar-refractivity contribution in [2.45, 2.75) is 58.2 Å². The zero-order valence-corrected chi connectivity index (χ0v) is 12.0. The molecule has 2 N–H and O–H groups in total. The predicted octanol–water partition coefficient (Wildman–Crippen LogP) is 1.31. The fraction of sp³-hybridized carbons (Fsp3) is 0.846. The minimum Gasteiger partial charge on any atom is -0.407 e. The number of aliphatic hydroxyl groups is 1. The van der Waals surface area contributed by atoms with Crippen LogP contribution < -0.4 is 10.2 Å². The fourth-order valence-electron chi connectivity index (χ4n) is 2.01. The van der Waals surface area contributed by atoms with E-state index in [0.29, 0.717) is 31.0 Å². The van der Waals surface area contributed by atoms with E-state index >= 15 is 0 Å². The topological polar surface area (TPSA) is 74.4 Å². The van der Waals surface area contributed by atoms with Crippen LogP contribution in [-0.2, 0) is 6.54 Å². The van der Waals surface area contributed by atoms with Crippen LogP contribution in [0, 0.1) is 0 Å². The van der Waals surface area contributed by atoms with Crippen LogP contribution in [-0.4, -0.2) is 40.0 Å². The third-order valence-electron chi connectivity index (χ3n) is 3.33. The molecule has 0 bridgehead atoms. The van der Waals surface area contributed by atoms with Gasteiger partial charge in [0.1, 0.15) is 0 Å². The van der Waals surface area contributed by atoms with E-state index in [1.807, 2.05) is 4.90 Å². The summed E-state index contributed by atoms with van der Waals surface area (Å²) in [5, 5.41) is 20.6. The van der Waals surface area contributed by atoms with Crippen molar-refractivity contribution in [3.8, 4) is 0 Å². The van der Waals surface area contributed by atoms with Crippen LogP contribution in [0.4, 0.5) is 6.01 Å². The summed E-state index contributed by atoms with van der Waals surface area (Å²) in [4.78, 5) is 2.02. The number of hydrogen-bond donors (Lipinski definition) is 2. The van der Waals surface area contributed by atoms with Crippen molar-refractivity contribution in [2.75, 3.05) is 18.1 Å². The summed E-state index contributed by atoms with van der Waals surface area (Å²) in [6.45, 7) is 7.51. The number of nitrogens with zero attached hydrogens (tertiary/aromatic N) is 3. The molecule has 0 amide bonds. The fourth-order valence-corrected chi connectivity index (χ4v) is 2.01. The molecule has 0 aromatic carbocycles. The van der Waals surface area contributed by atoms with Gasteiger partial charge in [0.25, 0.3) is 0 Å². The van der Waals surface area contributed by atoms with Gasteiger partial charge in [0.05, 0.1) is 13.2 Å². The van der Waals surface area contributed by atoms with E-state index < -0.39 is 0 Å². The van der Waals surface area contributed by atoms with Crippen molar-refractivity contribution in [2.24, 2.45) is 0 Å². The number of rotatable bonds is 6. The molecular weight excluding hydrogens is 244 g/mol. The second-order valence-electron chi connectivity index (χ2n) is 6.08. The third kappa shape index (κ3) is 3.91. The van der Waals surface area contributed by atoms with E-state index in [2.05, 4.69) is 36.3 Å². The Morgan fingerprint density at radius 2 is 2.11 bits per heavy atom. The van der Waals surface area contributed by atoms with Gasteiger partial charge in [-0.3, -0.25) is 0 Å². The summed E-state index contributed by atoms with van der Waals surface area (Å²) >= 11 is 0. The molecule has 6 heteroatoms. The number of aromatic nitrogens is 2. The van der Waals surface area contributed by atoms with Crippen LogP contribution in [0.2, 0.25) is 0 Å². The number of anilines is 1. The summed E-state index contributed by atoms with van der Waals surface area (Å²) in [5.74, 6) is 0.590. The Morgan fingerprint density at radius 1 is 1.37 bits per heavy atom. The Bertz CT molecular complexity index is 396. The number of nitrogens with one attached hydrogen (secondary N) is 1. The second kappa shape index (κ2) is 5.88. The molecule has 1 aliphatic rings. The molecule has 1 fully saturated rings. The molecule has 0 radical (unpaired) electrons. The normalized spacial score (nSPS) is 16.4. The summed E-state index contributed by atoms with van der Waals surface area (Å²) in [5.41, 5.74) is 0.0212. The largest absolute Gasteiger partial charge is 0.407 e. The van der Waals surface area contributed by atoms with Crippen molar-refractivity contribution >= 4 is 6.01 Å². The average Bonchev–Trinajstić information content (AvgIpc) is 2.71. The number of aliphatic hydroxyl groups excluding tert-OH is 1. The summed E-state index contributed by atoms with van der Waals surface area (Å²) < 4.78 is 5.68. The second-order valence-corrected chi connectivity index (χ2v) is 6.08. The first-order valence-corrected chi connectivity index (χ1v) is 6.94. The molecule has 0 saturated heterocycles. The molecule has 19 heavy (non-hydrogen) atoms. The highest BCUT2D eigenvalue weighted by Gasteiger charge is 2.28. The van der Waals surface area contributed by atoms with Crippen molar-refractivity contribution in [1.82, 2.24) is 15.5 Å². The van der Waals surface area contributed by atoms with Gasteiger partial charge in [0, 0.05) is 18.1 Å². The maximum atomic E-state index is 9.14. The van der Waals surface area contributed by atoms with Crippen LogP contribution in [0.25, 0.3) is 0 Å². The van der Waals surface area contributed by atoms with E-state index in [0.717, 1.165) is 12.8 Å². The van der Waals surface area contributed by atoms with Crippen molar-refractivity contribution in [3.63, 3.8) is 0 Å². The van der Waals surface area contributed by atoms with E-state index in [9.17, 15) is 0 Å². The van der Waals surface area contributed by atoms with E-state index in [1.54, 1.807) is 0 Å². The van der Waals surface area contributed by atoms with Gasteiger partial charge in [0.15, 0.2) is 0 Å². The minimum absolute atomic E-state index is 0.0212. The highest BCUT2D eigenvalue weighted by atomic mass is 16.4. The maximum absolute atomic E-state index is 9.14. The van der Waals surface area contributed by atoms with Crippen LogP contribution in [0.3, 0.4) is 0 Å². The predicted molar refractivity (Wildman–Crippen MR) is 73.0 cm³/mol. The van der Waals surface area contributed by atoms with Gasteiger partial charge in [-0.25, -0.2) is 0 Å². The molecule has 1 aromatic rings. The quantitative estimate of drug-likeness (QED) is 0.810. The van der Waals surface area contributed by atoms with Crippen molar-refractivity contribution in [1.29, 1.82) is 0 Å². The molecule has 1 aliphatic carbocycles. The third-order valence-corrected chi connectivity index (χ3v) is 3.33. The van der Waals surface area contributed by atoms with Gasteiger partial charge >= 0.3 is 6.01 Å². The van der Waals surface area contributed by atoms with E-state index in [4.69, 9.17) is 9.52 Å². The molecule has 108 valence electrons. The monoisotopic (exact) mass is 268 g/mol. The Labute approximate surface area is 114 Å². The standard InChI is InChI=1S/C13H24N4O2/c1-13(2,3)14-9-11-15-16-12(19-11)17(7-8-18)10-5-4-6-10/h10,14,18H,4-9H2,1-3H3. The Kier molecular flexibility index (Phi) is 4.42. The zero-order chi connectivity index (χ0) is 13.9. The van der Waals surface area contributed by atoms with Crippen LogP contribution in [0.5, 0.6) is 0 Å². The summed E-state index contributed by atoms with van der Waals surface area (Å²) in [6, 6.07) is 0.973. The van der Waals surface area contributed by atoms with E-state index in [-0.39, 0.29) is 12.1 Å². The Morgan fingerprint density at radius 3 is 2.63 bits per heavy atom. The Balaban J connectivity index is 1.97. The van der Waals surface area contributed by atoms with Gasteiger partial charge in [-0.1, -0.05) is 5.10 Å². The van der Waals surface area contributed by atoms with Gasteiger partial charge in [-0.2, -0.15) is 0 Å². The Hall–Kier alpha value is -1.14.